The molecule has 2 aliphatic rings. The lowest BCUT2D eigenvalue weighted by Gasteiger charge is -2.18. The Bertz CT molecular complexity index is 1640. The smallest absolute Gasteiger partial charge is 0.258 e. The average molecular weight is 555 g/mol. The van der Waals surface area contributed by atoms with Crippen LogP contribution < -0.4 is 15.4 Å². The lowest BCUT2D eigenvalue weighted by molar-refractivity contribution is -0.125. The second-order valence-corrected chi connectivity index (χ2v) is 10.6. The van der Waals surface area contributed by atoms with Crippen LogP contribution in [0.25, 0.3) is 22.3 Å². The summed E-state index contributed by atoms with van der Waals surface area (Å²) in [6.07, 6.45) is 6.61. The van der Waals surface area contributed by atoms with Crippen LogP contribution in [-0.2, 0) is 18.4 Å². The fraction of sp³-hybridized carbons (Fsp3) is 0.367. The summed E-state index contributed by atoms with van der Waals surface area (Å²) in [5.74, 6) is 0.820. The van der Waals surface area contributed by atoms with E-state index in [9.17, 15) is 9.59 Å². The third-order valence-electron chi connectivity index (χ3n) is 7.67. The van der Waals surface area contributed by atoms with Gasteiger partial charge >= 0.3 is 0 Å². The third kappa shape index (κ3) is 5.27. The van der Waals surface area contributed by atoms with Crippen molar-refractivity contribution in [1.82, 2.24) is 29.2 Å². The first kappa shape index (κ1) is 26.5. The van der Waals surface area contributed by atoms with E-state index in [1.54, 1.807) is 23.0 Å². The van der Waals surface area contributed by atoms with Gasteiger partial charge in [0.25, 0.3) is 5.91 Å². The van der Waals surface area contributed by atoms with Crippen molar-refractivity contribution in [2.75, 3.05) is 30.3 Å². The van der Waals surface area contributed by atoms with E-state index in [1.165, 1.54) is 6.08 Å². The van der Waals surface area contributed by atoms with Crippen LogP contribution in [0.4, 0.5) is 11.6 Å². The van der Waals surface area contributed by atoms with E-state index in [0.29, 0.717) is 55.0 Å². The van der Waals surface area contributed by atoms with Gasteiger partial charge in [0.1, 0.15) is 0 Å². The number of anilines is 2. The zero-order valence-corrected chi connectivity index (χ0v) is 23.4. The number of imidazole rings is 1. The lowest BCUT2D eigenvalue weighted by Crippen LogP contribution is -2.30. The SMILES string of the molecule is C=CC(=O)N1CCC(Nc2cccc3nc4n(c23)CCCCCOc2c(cnn2C)-c2cc(cc(C)n2)C(=O)N4)C1. The van der Waals surface area contributed by atoms with Gasteiger partial charge in [0.2, 0.25) is 17.7 Å². The zero-order chi connectivity index (χ0) is 28.5. The highest BCUT2D eigenvalue weighted by Gasteiger charge is 2.26. The summed E-state index contributed by atoms with van der Waals surface area (Å²) in [7, 11) is 1.84. The van der Waals surface area contributed by atoms with Crippen molar-refractivity contribution in [3.05, 3.63) is 60.4 Å². The molecule has 11 heteroatoms. The van der Waals surface area contributed by atoms with E-state index >= 15 is 0 Å². The molecule has 2 aliphatic heterocycles. The fourth-order valence-electron chi connectivity index (χ4n) is 5.64. The van der Waals surface area contributed by atoms with E-state index in [1.807, 2.05) is 37.1 Å². The number of hydrogen-bond donors (Lipinski definition) is 2. The Balaban J connectivity index is 1.36. The topological polar surface area (TPSA) is 119 Å². The van der Waals surface area contributed by atoms with Crippen LogP contribution in [-0.4, -0.2) is 66.8 Å². The number of nitrogens with zero attached hydrogens (tertiary/aromatic N) is 6. The number of aromatic nitrogens is 5. The average Bonchev–Trinajstić information content (AvgIpc) is 3.67. The van der Waals surface area contributed by atoms with Gasteiger partial charge in [-0.05, 0) is 62.9 Å². The molecule has 4 aromatic rings. The first-order valence-electron chi connectivity index (χ1n) is 14.0. The molecule has 1 fully saturated rings. The normalized spacial score (nSPS) is 17.6. The molecule has 0 radical (unpaired) electrons. The van der Waals surface area contributed by atoms with Gasteiger partial charge in [0.05, 0.1) is 40.8 Å². The standard InChI is InChI=1S/C30H34N8O3/c1-4-26(39)37-13-11-21(18-37)33-23-9-8-10-24-27(23)38-12-6-5-7-14-41-29-22(17-31-36(29)3)25-16-20(15-19(2)32-25)28(40)35-30(38)34-24/h4,8-10,15-17,21,33H,1,5-7,11-14,18H2,2-3H3,(H,34,35,40). The summed E-state index contributed by atoms with van der Waals surface area (Å²) in [4.78, 5) is 37.0. The van der Waals surface area contributed by atoms with Gasteiger partial charge in [-0.2, -0.15) is 5.10 Å². The highest BCUT2D eigenvalue weighted by Crippen LogP contribution is 2.32. The monoisotopic (exact) mass is 554 g/mol. The van der Waals surface area contributed by atoms with Crippen molar-refractivity contribution < 1.29 is 14.3 Å². The number of fused-ring (bicyclic) bond motifs is 7. The Hall–Kier alpha value is -4.67. The van der Waals surface area contributed by atoms with E-state index in [4.69, 9.17) is 9.72 Å². The van der Waals surface area contributed by atoms with Crippen LogP contribution in [0, 0.1) is 6.92 Å². The van der Waals surface area contributed by atoms with Crippen molar-refractivity contribution in [2.24, 2.45) is 7.05 Å². The van der Waals surface area contributed by atoms with Crippen LogP contribution in [0.2, 0.25) is 0 Å². The predicted octanol–water partition coefficient (Wildman–Crippen LogP) is 4.15. The number of ether oxygens (including phenoxy) is 1. The first-order chi connectivity index (χ1) is 19.9. The Labute approximate surface area is 238 Å². The van der Waals surface area contributed by atoms with Crippen molar-refractivity contribution in [3.8, 4) is 17.1 Å². The molecule has 2 bridgehead atoms. The van der Waals surface area contributed by atoms with E-state index in [0.717, 1.165) is 48.0 Å². The van der Waals surface area contributed by atoms with Crippen LogP contribution in [0.3, 0.4) is 0 Å². The number of rotatable bonds is 3. The van der Waals surface area contributed by atoms with Gasteiger partial charge in [-0.15, -0.1) is 0 Å². The number of para-hydroxylation sites is 1. The van der Waals surface area contributed by atoms with Crippen molar-refractivity contribution in [1.29, 1.82) is 0 Å². The zero-order valence-electron chi connectivity index (χ0n) is 23.4. The maximum atomic E-state index is 13.6. The van der Waals surface area contributed by atoms with Crippen molar-refractivity contribution in [2.45, 2.75) is 45.2 Å². The molecule has 0 aliphatic carbocycles. The minimum atomic E-state index is -0.265. The van der Waals surface area contributed by atoms with Crippen molar-refractivity contribution >= 4 is 34.5 Å². The number of pyridine rings is 1. The highest BCUT2D eigenvalue weighted by atomic mass is 16.5. The number of nitrogens with one attached hydrogen (secondary N) is 2. The molecule has 5 heterocycles. The summed E-state index contributed by atoms with van der Waals surface area (Å²) < 4.78 is 9.93. The molecule has 2 amide bonds. The summed E-state index contributed by atoms with van der Waals surface area (Å²) >= 11 is 0. The molecule has 11 nitrogen and oxygen atoms in total. The second-order valence-electron chi connectivity index (χ2n) is 10.6. The number of hydrogen-bond acceptors (Lipinski definition) is 7. The second kappa shape index (κ2) is 11.1. The molecule has 41 heavy (non-hydrogen) atoms. The van der Waals surface area contributed by atoms with E-state index < -0.39 is 0 Å². The Morgan fingerprint density at radius 3 is 2.93 bits per heavy atom. The molecular formula is C30H34N8O3. The van der Waals surface area contributed by atoms with Crippen LogP contribution in [0.5, 0.6) is 5.88 Å². The molecule has 1 unspecified atom stereocenters. The molecule has 212 valence electrons. The molecule has 1 saturated heterocycles. The summed E-state index contributed by atoms with van der Waals surface area (Å²) in [5.41, 5.74) is 5.23. The van der Waals surface area contributed by atoms with Gasteiger partial charge in [-0.3, -0.25) is 19.9 Å². The predicted molar refractivity (Wildman–Crippen MR) is 157 cm³/mol. The van der Waals surface area contributed by atoms with Gasteiger partial charge in [0, 0.05) is 44.0 Å². The van der Waals surface area contributed by atoms with Crippen LogP contribution in [0.15, 0.2) is 49.2 Å². The maximum absolute atomic E-state index is 13.6. The summed E-state index contributed by atoms with van der Waals surface area (Å²) in [6, 6.07) is 9.60. The maximum Gasteiger partial charge on any atom is 0.258 e. The van der Waals surface area contributed by atoms with E-state index in [2.05, 4.69) is 31.9 Å². The van der Waals surface area contributed by atoms with Gasteiger partial charge in [-0.1, -0.05) is 12.6 Å². The fourth-order valence-corrected chi connectivity index (χ4v) is 5.64. The minimum Gasteiger partial charge on any atom is -0.477 e. The largest absolute Gasteiger partial charge is 0.477 e. The summed E-state index contributed by atoms with van der Waals surface area (Å²) in [6.45, 7) is 8.01. The Kier molecular flexibility index (Phi) is 7.17. The Morgan fingerprint density at radius 1 is 1.20 bits per heavy atom. The number of amides is 2. The number of likely N-dealkylation sites (tertiary alicyclic amines) is 1. The van der Waals surface area contributed by atoms with E-state index in [-0.39, 0.29) is 17.9 Å². The first-order valence-corrected chi connectivity index (χ1v) is 14.0. The van der Waals surface area contributed by atoms with Gasteiger partial charge in [0.15, 0.2) is 0 Å². The number of carbonyl (C=O) groups excluding carboxylic acids is 2. The summed E-state index contributed by atoms with van der Waals surface area (Å²) in [5, 5.41) is 11.1. The Morgan fingerprint density at radius 2 is 2.07 bits per heavy atom. The molecule has 0 spiro atoms. The van der Waals surface area contributed by atoms with Gasteiger partial charge < -0.3 is 19.5 Å². The molecule has 1 atom stereocenters. The lowest BCUT2D eigenvalue weighted by atomic mass is 10.1. The molecule has 3 aromatic heterocycles. The molecule has 0 saturated carbocycles. The minimum absolute atomic E-state index is 0.0515. The highest BCUT2D eigenvalue weighted by molar-refractivity contribution is 6.05. The molecule has 1 aromatic carbocycles. The van der Waals surface area contributed by atoms with Crippen LogP contribution in [0.1, 0.15) is 41.7 Å². The molecular weight excluding hydrogens is 520 g/mol. The van der Waals surface area contributed by atoms with Crippen LogP contribution >= 0.6 is 0 Å². The number of aryl methyl sites for hydroxylation is 3. The molecule has 6 rings (SSSR count). The molecule has 2 N–H and O–H groups in total. The van der Waals surface area contributed by atoms with Gasteiger partial charge in [-0.25, -0.2) is 9.67 Å². The van der Waals surface area contributed by atoms with Crippen molar-refractivity contribution in [3.63, 3.8) is 0 Å². The number of benzene rings is 1. The third-order valence-corrected chi connectivity index (χ3v) is 7.67. The quantitative estimate of drug-likeness (QED) is 0.365. The number of carbonyl (C=O) groups is 2.